The minimum absolute atomic E-state index is 0.253. The lowest BCUT2D eigenvalue weighted by Crippen LogP contribution is -2.28. The molecule has 3 aliphatic rings. The van der Waals surface area contributed by atoms with Gasteiger partial charge in [-0.3, -0.25) is 9.69 Å². The van der Waals surface area contributed by atoms with Crippen LogP contribution in [-0.2, 0) is 17.9 Å². The zero-order chi connectivity index (χ0) is 16.4. The second-order valence-corrected chi connectivity index (χ2v) is 8.17. The Hall–Kier alpha value is -1.35. The average Bonchev–Trinajstić information content (AvgIpc) is 3.32. The molecule has 2 bridgehead atoms. The standard InChI is InChI=1S/C21H30N2O/c24-21(13-20-12-16-7-8-17(20)11-16)22-14-18-5-1-2-6-19(18)15-23-9-3-4-10-23/h1-2,5-6,16-17,20H,3-4,7-15H2,(H,22,24)/t16-,17-,20+/m1/s1. The zero-order valence-corrected chi connectivity index (χ0v) is 14.7. The molecule has 0 unspecified atom stereocenters. The third-order valence-electron chi connectivity index (χ3n) is 6.52. The highest BCUT2D eigenvalue weighted by Gasteiger charge is 2.40. The number of hydrogen-bond acceptors (Lipinski definition) is 2. The molecule has 2 aliphatic carbocycles. The summed E-state index contributed by atoms with van der Waals surface area (Å²) in [6, 6.07) is 8.59. The highest BCUT2D eigenvalue weighted by Crippen LogP contribution is 2.49. The number of hydrogen-bond donors (Lipinski definition) is 1. The lowest BCUT2D eigenvalue weighted by Gasteiger charge is -2.21. The van der Waals surface area contributed by atoms with Gasteiger partial charge in [-0.25, -0.2) is 0 Å². The number of likely N-dealkylation sites (tertiary alicyclic amines) is 1. The highest BCUT2D eigenvalue weighted by molar-refractivity contribution is 5.76. The summed E-state index contributed by atoms with van der Waals surface area (Å²) in [6.45, 7) is 4.14. The Kier molecular flexibility index (Phi) is 4.88. The van der Waals surface area contributed by atoms with Crippen molar-refractivity contribution in [2.45, 2.75) is 58.0 Å². The summed E-state index contributed by atoms with van der Waals surface area (Å²) in [5.74, 6) is 2.67. The van der Waals surface area contributed by atoms with Crippen molar-refractivity contribution in [3.8, 4) is 0 Å². The van der Waals surface area contributed by atoms with Crippen molar-refractivity contribution in [3.63, 3.8) is 0 Å². The summed E-state index contributed by atoms with van der Waals surface area (Å²) >= 11 is 0. The van der Waals surface area contributed by atoms with Crippen LogP contribution in [0.25, 0.3) is 0 Å². The molecule has 2 saturated carbocycles. The predicted octanol–water partition coefficient (Wildman–Crippen LogP) is 3.72. The minimum Gasteiger partial charge on any atom is -0.352 e. The van der Waals surface area contributed by atoms with Crippen molar-refractivity contribution >= 4 is 5.91 Å². The Morgan fingerprint density at radius 3 is 2.58 bits per heavy atom. The summed E-state index contributed by atoms with van der Waals surface area (Å²) in [5.41, 5.74) is 2.66. The molecule has 3 nitrogen and oxygen atoms in total. The molecule has 0 radical (unpaired) electrons. The molecule has 1 aliphatic heterocycles. The van der Waals surface area contributed by atoms with Crippen LogP contribution in [0.5, 0.6) is 0 Å². The van der Waals surface area contributed by atoms with E-state index in [0.29, 0.717) is 12.5 Å². The fraction of sp³-hybridized carbons (Fsp3) is 0.667. The molecular formula is C21H30N2O. The fourth-order valence-electron chi connectivity index (χ4n) is 5.20. The number of benzene rings is 1. The van der Waals surface area contributed by atoms with Crippen molar-refractivity contribution in [2.75, 3.05) is 13.1 Å². The molecular weight excluding hydrogens is 296 g/mol. The van der Waals surface area contributed by atoms with Crippen LogP contribution in [0.2, 0.25) is 0 Å². The second kappa shape index (κ2) is 7.26. The van der Waals surface area contributed by atoms with Gasteiger partial charge in [0.15, 0.2) is 0 Å². The van der Waals surface area contributed by atoms with Gasteiger partial charge in [-0.1, -0.05) is 30.7 Å². The first-order valence-electron chi connectivity index (χ1n) is 9.84. The van der Waals surface area contributed by atoms with E-state index in [-0.39, 0.29) is 5.91 Å². The van der Waals surface area contributed by atoms with Crippen molar-refractivity contribution < 1.29 is 4.79 Å². The smallest absolute Gasteiger partial charge is 0.220 e. The summed E-state index contributed by atoms with van der Waals surface area (Å²) in [6.07, 6.45) is 8.84. The molecule has 130 valence electrons. The zero-order valence-electron chi connectivity index (χ0n) is 14.7. The van der Waals surface area contributed by atoms with Crippen molar-refractivity contribution in [1.29, 1.82) is 0 Å². The molecule has 3 atom stereocenters. The maximum Gasteiger partial charge on any atom is 0.220 e. The number of nitrogens with one attached hydrogen (secondary N) is 1. The summed E-state index contributed by atoms with van der Waals surface area (Å²) in [5, 5.41) is 3.19. The Morgan fingerprint density at radius 1 is 1.08 bits per heavy atom. The topological polar surface area (TPSA) is 32.3 Å². The second-order valence-electron chi connectivity index (χ2n) is 8.17. The molecule has 1 heterocycles. The Bertz CT molecular complexity index is 579. The van der Waals surface area contributed by atoms with Crippen LogP contribution in [0.15, 0.2) is 24.3 Å². The summed E-state index contributed by atoms with van der Waals surface area (Å²) < 4.78 is 0. The molecule has 0 spiro atoms. The van der Waals surface area contributed by atoms with Gasteiger partial charge >= 0.3 is 0 Å². The van der Waals surface area contributed by atoms with Crippen LogP contribution in [-0.4, -0.2) is 23.9 Å². The molecule has 1 aromatic rings. The van der Waals surface area contributed by atoms with E-state index in [1.807, 2.05) is 0 Å². The molecule has 24 heavy (non-hydrogen) atoms. The van der Waals surface area contributed by atoms with Gasteiger partial charge in [-0.05, 0) is 74.1 Å². The maximum atomic E-state index is 12.4. The molecule has 4 rings (SSSR count). The first-order valence-corrected chi connectivity index (χ1v) is 9.84. The molecule has 1 saturated heterocycles. The van der Waals surface area contributed by atoms with Gasteiger partial charge in [0.25, 0.3) is 0 Å². The van der Waals surface area contributed by atoms with Crippen molar-refractivity contribution in [2.24, 2.45) is 17.8 Å². The van der Waals surface area contributed by atoms with Crippen LogP contribution in [0.4, 0.5) is 0 Å². The predicted molar refractivity (Wildman–Crippen MR) is 96.4 cm³/mol. The number of carbonyl (C=O) groups is 1. The molecule has 1 aromatic carbocycles. The monoisotopic (exact) mass is 326 g/mol. The quantitative estimate of drug-likeness (QED) is 0.864. The van der Waals surface area contributed by atoms with Gasteiger partial charge in [0.1, 0.15) is 0 Å². The Morgan fingerprint density at radius 2 is 1.88 bits per heavy atom. The van der Waals surface area contributed by atoms with E-state index in [2.05, 4.69) is 34.5 Å². The van der Waals surface area contributed by atoms with Gasteiger partial charge in [0.05, 0.1) is 0 Å². The van der Waals surface area contributed by atoms with E-state index in [0.717, 1.165) is 24.8 Å². The third-order valence-corrected chi connectivity index (χ3v) is 6.52. The highest BCUT2D eigenvalue weighted by atomic mass is 16.1. The number of rotatable bonds is 6. The molecule has 1 amide bonds. The lowest BCUT2D eigenvalue weighted by atomic mass is 9.86. The maximum absolute atomic E-state index is 12.4. The van der Waals surface area contributed by atoms with E-state index >= 15 is 0 Å². The number of nitrogens with zero attached hydrogens (tertiary/aromatic N) is 1. The molecule has 3 heteroatoms. The molecule has 1 N–H and O–H groups in total. The van der Waals surface area contributed by atoms with Gasteiger partial charge in [0, 0.05) is 19.5 Å². The fourth-order valence-corrected chi connectivity index (χ4v) is 5.20. The van der Waals surface area contributed by atoms with Gasteiger partial charge in [-0.2, -0.15) is 0 Å². The average molecular weight is 326 g/mol. The largest absolute Gasteiger partial charge is 0.352 e. The van der Waals surface area contributed by atoms with Gasteiger partial charge in [0.2, 0.25) is 5.91 Å². The van der Waals surface area contributed by atoms with Crippen LogP contribution in [0.1, 0.15) is 56.1 Å². The van der Waals surface area contributed by atoms with Gasteiger partial charge < -0.3 is 5.32 Å². The normalized spacial score (nSPS) is 29.2. The van der Waals surface area contributed by atoms with Crippen LogP contribution >= 0.6 is 0 Å². The number of amides is 1. The Balaban J connectivity index is 1.29. The van der Waals surface area contributed by atoms with Crippen LogP contribution in [0, 0.1) is 17.8 Å². The third kappa shape index (κ3) is 3.66. The van der Waals surface area contributed by atoms with E-state index in [4.69, 9.17) is 0 Å². The van der Waals surface area contributed by atoms with Crippen molar-refractivity contribution in [1.82, 2.24) is 10.2 Å². The van der Waals surface area contributed by atoms with Crippen molar-refractivity contribution in [3.05, 3.63) is 35.4 Å². The SMILES string of the molecule is O=C(C[C@@H]1C[C@@H]2CC[C@@H]1C2)NCc1ccccc1CN1CCCC1. The van der Waals surface area contributed by atoms with Gasteiger partial charge in [-0.15, -0.1) is 0 Å². The van der Waals surface area contributed by atoms with Crippen LogP contribution < -0.4 is 5.32 Å². The van der Waals surface area contributed by atoms with Crippen LogP contribution in [0.3, 0.4) is 0 Å². The summed E-state index contributed by atoms with van der Waals surface area (Å²) in [4.78, 5) is 14.9. The van der Waals surface area contributed by atoms with E-state index in [1.54, 1.807) is 0 Å². The first kappa shape index (κ1) is 16.1. The number of fused-ring (bicyclic) bond motifs is 2. The number of carbonyl (C=O) groups excluding carboxylic acids is 1. The molecule has 0 aromatic heterocycles. The van der Waals surface area contributed by atoms with E-state index in [9.17, 15) is 4.79 Å². The van der Waals surface area contributed by atoms with E-state index in [1.165, 1.54) is 62.7 Å². The summed E-state index contributed by atoms with van der Waals surface area (Å²) in [7, 11) is 0. The lowest BCUT2D eigenvalue weighted by molar-refractivity contribution is -0.122. The Labute approximate surface area is 145 Å². The first-order chi connectivity index (χ1) is 11.8. The molecule has 3 fully saturated rings. The minimum atomic E-state index is 0.253. The van der Waals surface area contributed by atoms with E-state index < -0.39 is 0 Å².